The van der Waals surface area contributed by atoms with Gasteiger partial charge in [-0.05, 0) is 54.1 Å². The van der Waals surface area contributed by atoms with Gasteiger partial charge in [-0.25, -0.2) is 4.99 Å². The predicted octanol–water partition coefficient (Wildman–Crippen LogP) is 3.41. The van der Waals surface area contributed by atoms with E-state index in [9.17, 15) is 9.90 Å². The molecule has 0 saturated carbocycles. The van der Waals surface area contributed by atoms with Crippen LogP contribution in [-0.4, -0.2) is 33.1 Å². The lowest BCUT2D eigenvalue weighted by molar-refractivity contribution is -0.121. The van der Waals surface area contributed by atoms with Gasteiger partial charge in [0.15, 0.2) is 5.17 Å². The van der Waals surface area contributed by atoms with Crippen molar-refractivity contribution in [3.63, 3.8) is 0 Å². The number of nitrogens with zero attached hydrogens (tertiary/aromatic N) is 3. The summed E-state index contributed by atoms with van der Waals surface area (Å²) >= 11 is 1.34. The number of allylic oxidation sites excluding steroid dienone is 1. The van der Waals surface area contributed by atoms with Gasteiger partial charge in [0.25, 0.3) is 5.91 Å². The highest BCUT2D eigenvalue weighted by Gasteiger charge is 2.32. The molecule has 5 nitrogen and oxygen atoms in total. The summed E-state index contributed by atoms with van der Waals surface area (Å²) in [4.78, 5) is 23.2. The van der Waals surface area contributed by atoms with Crippen molar-refractivity contribution in [1.29, 1.82) is 0 Å². The molecular formula is C17H15N3O2S. The molecule has 23 heavy (non-hydrogen) atoms. The molecule has 1 N–H and O–H groups in total. The maximum atomic E-state index is 12.5. The van der Waals surface area contributed by atoms with E-state index in [4.69, 9.17) is 0 Å². The maximum absolute atomic E-state index is 12.5. The van der Waals surface area contributed by atoms with Crippen molar-refractivity contribution in [1.82, 2.24) is 9.88 Å². The second kappa shape index (κ2) is 6.26. The Hall–Kier alpha value is -2.60. The van der Waals surface area contributed by atoms with Gasteiger partial charge in [0, 0.05) is 13.2 Å². The number of carbonyl (C=O) groups excluding carboxylic acids is 1. The fourth-order valence-electron chi connectivity index (χ4n) is 2.15. The van der Waals surface area contributed by atoms with Gasteiger partial charge < -0.3 is 5.11 Å². The zero-order valence-corrected chi connectivity index (χ0v) is 13.5. The van der Waals surface area contributed by atoms with Crippen LogP contribution in [0, 0.1) is 0 Å². The van der Waals surface area contributed by atoms with Crippen molar-refractivity contribution in [3.8, 4) is 5.75 Å². The number of aliphatic imine (C=N–C) groups is 1. The van der Waals surface area contributed by atoms with Crippen molar-refractivity contribution < 1.29 is 9.90 Å². The maximum Gasteiger partial charge on any atom is 0.266 e. The minimum Gasteiger partial charge on any atom is -0.508 e. The molecule has 0 unspecified atom stereocenters. The monoisotopic (exact) mass is 325 g/mol. The van der Waals surface area contributed by atoms with Crippen LogP contribution in [0.25, 0.3) is 5.57 Å². The van der Waals surface area contributed by atoms with Gasteiger partial charge in [0.2, 0.25) is 0 Å². The molecule has 1 amide bonds. The third kappa shape index (κ3) is 3.12. The van der Waals surface area contributed by atoms with Crippen LogP contribution in [0.5, 0.6) is 5.75 Å². The molecule has 1 aliphatic heterocycles. The molecule has 1 aliphatic rings. The minimum absolute atomic E-state index is 0.0804. The van der Waals surface area contributed by atoms with Gasteiger partial charge in [-0.3, -0.25) is 14.7 Å². The Balaban J connectivity index is 1.96. The number of aromatic hydroxyl groups is 1. The van der Waals surface area contributed by atoms with Gasteiger partial charge in [-0.2, -0.15) is 0 Å². The van der Waals surface area contributed by atoms with Crippen LogP contribution < -0.4 is 0 Å². The van der Waals surface area contributed by atoms with Crippen molar-refractivity contribution in [2.45, 2.75) is 6.92 Å². The Morgan fingerprint density at radius 2 is 2.00 bits per heavy atom. The molecule has 2 heterocycles. The van der Waals surface area contributed by atoms with E-state index < -0.39 is 0 Å². The SMILES string of the molecule is C/C(=C1/SC(=Nc2cccnc2)N(C)C1=O)c1ccc(O)cc1. The lowest BCUT2D eigenvalue weighted by Crippen LogP contribution is -2.23. The quantitative estimate of drug-likeness (QED) is 0.859. The Morgan fingerprint density at radius 3 is 2.65 bits per heavy atom. The first-order valence-corrected chi connectivity index (χ1v) is 7.83. The molecule has 6 heteroatoms. The third-order valence-corrected chi connectivity index (χ3v) is 4.72. The Kier molecular flexibility index (Phi) is 4.16. The van der Waals surface area contributed by atoms with Crippen LogP contribution in [0.15, 0.2) is 58.7 Å². The zero-order valence-electron chi connectivity index (χ0n) is 12.7. The molecule has 1 aromatic heterocycles. The van der Waals surface area contributed by atoms with E-state index in [0.29, 0.717) is 15.8 Å². The van der Waals surface area contributed by atoms with Crippen molar-refractivity contribution in [3.05, 3.63) is 59.3 Å². The first-order chi connectivity index (χ1) is 11.1. The molecule has 1 fully saturated rings. The molecule has 2 aromatic rings. The highest BCUT2D eigenvalue weighted by atomic mass is 32.2. The number of rotatable bonds is 2. The number of hydrogen-bond donors (Lipinski definition) is 1. The molecular weight excluding hydrogens is 310 g/mol. The van der Waals surface area contributed by atoms with Crippen LogP contribution in [-0.2, 0) is 4.79 Å². The number of phenols is 1. The first-order valence-electron chi connectivity index (χ1n) is 7.01. The predicted molar refractivity (Wildman–Crippen MR) is 92.4 cm³/mol. The zero-order chi connectivity index (χ0) is 16.4. The summed E-state index contributed by atoms with van der Waals surface area (Å²) < 4.78 is 0. The fraction of sp³-hybridized carbons (Fsp3) is 0.118. The molecule has 1 aromatic carbocycles. The summed E-state index contributed by atoms with van der Waals surface area (Å²) in [7, 11) is 1.71. The summed E-state index contributed by atoms with van der Waals surface area (Å²) in [6, 6.07) is 10.5. The topological polar surface area (TPSA) is 65.8 Å². The van der Waals surface area contributed by atoms with E-state index >= 15 is 0 Å². The molecule has 3 rings (SSSR count). The van der Waals surface area contributed by atoms with Crippen LogP contribution in [0.2, 0.25) is 0 Å². The number of hydrogen-bond acceptors (Lipinski definition) is 5. The first kappa shape index (κ1) is 15.3. The summed E-state index contributed by atoms with van der Waals surface area (Å²) in [5.41, 5.74) is 2.47. The van der Waals surface area contributed by atoms with Gasteiger partial charge in [-0.1, -0.05) is 12.1 Å². The standard InChI is InChI=1S/C17H15N3O2S/c1-11(12-5-7-14(21)8-6-12)15-16(22)20(2)17(23-15)19-13-4-3-9-18-10-13/h3-10,21H,1-2H3/b15-11-,19-17?. The van der Waals surface area contributed by atoms with Gasteiger partial charge >= 0.3 is 0 Å². The van der Waals surface area contributed by atoms with E-state index in [0.717, 1.165) is 11.1 Å². The second-order valence-corrected chi connectivity index (χ2v) is 6.05. The number of amides is 1. The number of carbonyl (C=O) groups is 1. The lowest BCUT2D eigenvalue weighted by atomic mass is 10.1. The smallest absolute Gasteiger partial charge is 0.266 e. The highest BCUT2D eigenvalue weighted by Crippen LogP contribution is 2.36. The van der Waals surface area contributed by atoms with Crippen LogP contribution in [0.4, 0.5) is 5.69 Å². The number of amidine groups is 1. The number of thioether (sulfide) groups is 1. The molecule has 0 spiro atoms. The van der Waals surface area contributed by atoms with E-state index in [1.807, 2.05) is 13.0 Å². The number of phenolic OH excluding ortho intramolecular Hbond substituents is 1. The highest BCUT2D eigenvalue weighted by molar-refractivity contribution is 8.18. The average Bonchev–Trinajstić information content (AvgIpc) is 2.84. The number of benzene rings is 1. The Bertz CT molecular complexity index is 798. The van der Waals surface area contributed by atoms with Crippen LogP contribution in [0.3, 0.4) is 0 Å². The second-order valence-electron chi connectivity index (χ2n) is 5.07. The van der Waals surface area contributed by atoms with Crippen molar-refractivity contribution in [2.24, 2.45) is 4.99 Å². The van der Waals surface area contributed by atoms with E-state index in [1.165, 1.54) is 16.7 Å². The number of aromatic nitrogens is 1. The van der Waals surface area contributed by atoms with Gasteiger partial charge in [0.05, 0.1) is 16.8 Å². The third-order valence-electron chi connectivity index (χ3n) is 3.49. The largest absolute Gasteiger partial charge is 0.508 e. The fourth-order valence-corrected chi connectivity index (χ4v) is 3.20. The summed E-state index contributed by atoms with van der Waals surface area (Å²) in [5, 5.41) is 10.0. The van der Waals surface area contributed by atoms with E-state index in [2.05, 4.69) is 9.98 Å². The lowest BCUT2D eigenvalue weighted by Gasteiger charge is -2.07. The molecule has 0 radical (unpaired) electrons. The summed E-state index contributed by atoms with van der Waals surface area (Å²) in [5.74, 6) is 0.121. The van der Waals surface area contributed by atoms with Crippen molar-refractivity contribution >= 4 is 34.1 Å². The van der Waals surface area contributed by atoms with E-state index in [1.54, 1.807) is 49.8 Å². The normalized spacial score (nSPS) is 18.6. The van der Waals surface area contributed by atoms with Crippen molar-refractivity contribution in [2.75, 3.05) is 7.05 Å². The van der Waals surface area contributed by atoms with Gasteiger partial charge in [0.1, 0.15) is 5.75 Å². The summed E-state index contributed by atoms with van der Waals surface area (Å²) in [6.45, 7) is 1.90. The molecule has 0 aliphatic carbocycles. The average molecular weight is 325 g/mol. The van der Waals surface area contributed by atoms with Crippen LogP contribution >= 0.6 is 11.8 Å². The summed E-state index contributed by atoms with van der Waals surface area (Å²) in [6.07, 6.45) is 3.33. The molecule has 0 atom stereocenters. The molecule has 116 valence electrons. The Morgan fingerprint density at radius 1 is 1.26 bits per heavy atom. The minimum atomic E-state index is -0.0804. The molecule has 0 bridgehead atoms. The van der Waals surface area contributed by atoms with Gasteiger partial charge in [-0.15, -0.1) is 0 Å². The number of pyridine rings is 1. The van der Waals surface area contributed by atoms with E-state index in [-0.39, 0.29) is 11.7 Å². The van der Waals surface area contributed by atoms with Crippen LogP contribution in [0.1, 0.15) is 12.5 Å². The Labute approximate surface area is 138 Å². The molecule has 1 saturated heterocycles. The number of likely N-dealkylation sites (N-methyl/N-ethyl adjacent to an activating group) is 1.